The smallest absolute Gasteiger partial charge is 0.165 e. The Hall–Kier alpha value is -0.610. The summed E-state index contributed by atoms with van der Waals surface area (Å²) in [6, 6.07) is 5.13. The highest BCUT2D eigenvalue weighted by atomic mass is 35.5. The molecule has 0 spiro atoms. The van der Waals surface area contributed by atoms with Gasteiger partial charge in [0.15, 0.2) is 5.78 Å². The van der Waals surface area contributed by atoms with Crippen molar-refractivity contribution in [3.63, 3.8) is 0 Å². The lowest BCUT2D eigenvalue weighted by Crippen LogP contribution is -2.24. The standard InChI is InChI=1S/C14H19Cl2NO2/c1-17(8-4-10-19-2)9-7-13(18)11-5-3-6-12(15)14(11)16/h3,5-6H,4,7-10H2,1-2H3. The molecule has 0 bridgehead atoms. The summed E-state index contributed by atoms with van der Waals surface area (Å²) in [4.78, 5) is 14.2. The lowest BCUT2D eigenvalue weighted by atomic mass is 10.1. The van der Waals surface area contributed by atoms with Crippen LogP contribution in [-0.2, 0) is 4.74 Å². The molecule has 0 saturated heterocycles. The van der Waals surface area contributed by atoms with Gasteiger partial charge in [0.05, 0.1) is 10.0 Å². The summed E-state index contributed by atoms with van der Waals surface area (Å²) < 4.78 is 4.99. The van der Waals surface area contributed by atoms with E-state index in [0.29, 0.717) is 28.6 Å². The van der Waals surface area contributed by atoms with Crippen molar-refractivity contribution in [2.45, 2.75) is 12.8 Å². The molecule has 19 heavy (non-hydrogen) atoms. The van der Waals surface area contributed by atoms with Gasteiger partial charge < -0.3 is 9.64 Å². The largest absolute Gasteiger partial charge is 0.385 e. The molecule has 0 heterocycles. The van der Waals surface area contributed by atoms with Gasteiger partial charge in [0.1, 0.15) is 0 Å². The van der Waals surface area contributed by atoms with Crippen LogP contribution in [0.15, 0.2) is 18.2 Å². The van der Waals surface area contributed by atoms with Crippen molar-refractivity contribution in [3.8, 4) is 0 Å². The number of halogens is 2. The number of hydrogen-bond acceptors (Lipinski definition) is 3. The highest BCUT2D eigenvalue weighted by Gasteiger charge is 2.13. The first kappa shape index (κ1) is 16.4. The Morgan fingerprint density at radius 1 is 1.32 bits per heavy atom. The van der Waals surface area contributed by atoms with E-state index >= 15 is 0 Å². The van der Waals surface area contributed by atoms with Crippen LogP contribution in [0.4, 0.5) is 0 Å². The molecule has 3 nitrogen and oxygen atoms in total. The average molecular weight is 304 g/mol. The first-order valence-corrected chi connectivity index (χ1v) is 6.96. The monoisotopic (exact) mass is 303 g/mol. The lowest BCUT2D eigenvalue weighted by Gasteiger charge is -2.15. The second-order valence-electron chi connectivity index (χ2n) is 4.42. The molecular weight excluding hydrogens is 285 g/mol. The molecule has 0 aliphatic carbocycles. The molecular formula is C14H19Cl2NO2. The van der Waals surface area contributed by atoms with E-state index in [4.69, 9.17) is 27.9 Å². The number of carbonyl (C=O) groups is 1. The molecule has 0 N–H and O–H groups in total. The van der Waals surface area contributed by atoms with Crippen LogP contribution in [-0.4, -0.2) is 44.5 Å². The number of Topliss-reactive ketones (excluding diaryl/α,β-unsaturated/α-hetero) is 1. The van der Waals surface area contributed by atoms with E-state index in [1.54, 1.807) is 25.3 Å². The molecule has 1 aromatic rings. The third kappa shape index (κ3) is 5.49. The minimum Gasteiger partial charge on any atom is -0.385 e. The van der Waals surface area contributed by atoms with E-state index in [2.05, 4.69) is 4.90 Å². The van der Waals surface area contributed by atoms with Gasteiger partial charge in [-0.05, 0) is 25.6 Å². The number of methoxy groups -OCH3 is 1. The van der Waals surface area contributed by atoms with Crippen molar-refractivity contribution in [1.29, 1.82) is 0 Å². The fourth-order valence-corrected chi connectivity index (χ4v) is 2.14. The zero-order chi connectivity index (χ0) is 14.3. The third-order valence-electron chi connectivity index (χ3n) is 2.86. The molecule has 0 aromatic heterocycles. The predicted molar refractivity (Wildman–Crippen MR) is 79.4 cm³/mol. The Balaban J connectivity index is 2.45. The fraction of sp³-hybridized carbons (Fsp3) is 0.500. The van der Waals surface area contributed by atoms with E-state index in [-0.39, 0.29) is 5.78 Å². The Bertz CT molecular complexity index is 424. The van der Waals surface area contributed by atoms with Crippen LogP contribution in [0.25, 0.3) is 0 Å². The third-order valence-corrected chi connectivity index (χ3v) is 3.68. The minimum atomic E-state index is 0.0195. The first-order valence-electron chi connectivity index (χ1n) is 6.21. The summed E-state index contributed by atoms with van der Waals surface area (Å²) in [5, 5.41) is 0.761. The van der Waals surface area contributed by atoms with Gasteiger partial charge in [-0.25, -0.2) is 0 Å². The van der Waals surface area contributed by atoms with Crippen LogP contribution in [0.3, 0.4) is 0 Å². The minimum absolute atomic E-state index is 0.0195. The Kier molecular flexibility index (Phi) is 7.39. The Labute approximate surface area is 124 Å². The van der Waals surface area contributed by atoms with Crippen LogP contribution < -0.4 is 0 Å². The second-order valence-corrected chi connectivity index (χ2v) is 5.21. The molecule has 0 amide bonds. The van der Waals surface area contributed by atoms with Crippen molar-refractivity contribution in [2.75, 3.05) is 33.9 Å². The van der Waals surface area contributed by atoms with E-state index in [0.717, 1.165) is 19.6 Å². The number of ketones is 1. The molecule has 0 aliphatic heterocycles. The van der Waals surface area contributed by atoms with E-state index in [1.807, 2.05) is 7.05 Å². The van der Waals surface area contributed by atoms with Gasteiger partial charge in [-0.15, -0.1) is 0 Å². The van der Waals surface area contributed by atoms with Gasteiger partial charge in [-0.2, -0.15) is 0 Å². The van der Waals surface area contributed by atoms with Crippen molar-refractivity contribution in [2.24, 2.45) is 0 Å². The number of benzene rings is 1. The number of rotatable bonds is 8. The second kappa shape index (κ2) is 8.54. The van der Waals surface area contributed by atoms with Crippen LogP contribution in [0.1, 0.15) is 23.2 Å². The maximum atomic E-state index is 12.1. The quantitative estimate of drug-likeness (QED) is 0.543. The van der Waals surface area contributed by atoms with E-state index < -0.39 is 0 Å². The number of hydrogen-bond donors (Lipinski definition) is 0. The summed E-state index contributed by atoms with van der Waals surface area (Å²) >= 11 is 11.9. The molecule has 0 radical (unpaired) electrons. The fourth-order valence-electron chi connectivity index (χ4n) is 1.74. The van der Waals surface area contributed by atoms with Crippen molar-refractivity contribution in [1.82, 2.24) is 4.90 Å². The summed E-state index contributed by atoms with van der Waals surface area (Å²) in [6.45, 7) is 2.34. The van der Waals surface area contributed by atoms with Crippen molar-refractivity contribution in [3.05, 3.63) is 33.8 Å². The van der Waals surface area contributed by atoms with Gasteiger partial charge in [-0.3, -0.25) is 4.79 Å². The van der Waals surface area contributed by atoms with Crippen molar-refractivity contribution >= 4 is 29.0 Å². The maximum absolute atomic E-state index is 12.1. The van der Waals surface area contributed by atoms with E-state index in [9.17, 15) is 4.79 Å². The van der Waals surface area contributed by atoms with Gasteiger partial charge in [0.25, 0.3) is 0 Å². The molecule has 5 heteroatoms. The highest BCUT2D eigenvalue weighted by Crippen LogP contribution is 2.26. The van der Waals surface area contributed by atoms with Gasteiger partial charge in [0, 0.05) is 38.8 Å². The number of carbonyl (C=O) groups excluding carboxylic acids is 1. The SMILES string of the molecule is COCCCN(C)CCC(=O)c1cccc(Cl)c1Cl. The molecule has 1 rings (SSSR count). The first-order chi connectivity index (χ1) is 9.06. The van der Waals surface area contributed by atoms with Crippen LogP contribution in [0, 0.1) is 0 Å². The normalized spacial score (nSPS) is 11.0. The van der Waals surface area contributed by atoms with Crippen LogP contribution in [0.5, 0.6) is 0 Å². The highest BCUT2D eigenvalue weighted by molar-refractivity contribution is 6.43. The number of nitrogens with zero attached hydrogens (tertiary/aromatic N) is 1. The van der Waals surface area contributed by atoms with E-state index in [1.165, 1.54) is 0 Å². The van der Waals surface area contributed by atoms with Gasteiger partial charge in [0.2, 0.25) is 0 Å². The van der Waals surface area contributed by atoms with Crippen LogP contribution >= 0.6 is 23.2 Å². The Morgan fingerprint density at radius 3 is 2.74 bits per heavy atom. The summed E-state index contributed by atoms with van der Waals surface area (Å²) in [6.07, 6.45) is 1.39. The van der Waals surface area contributed by atoms with Crippen molar-refractivity contribution < 1.29 is 9.53 Å². The molecule has 0 fully saturated rings. The summed E-state index contributed by atoms with van der Waals surface area (Å²) in [7, 11) is 3.67. The molecule has 1 aromatic carbocycles. The average Bonchev–Trinajstić information content (AvgIpc) is 2.39. The topological polar surface area (TPSA) is 29.5 Å². The zero-order valence-corrected chi connectivity index (χ0v) is 12.8. The van der Waals surface area contributed by atoms with Crippen LogP contribution in [0.2, 0.25) is 10.0 Å². The van der Waals surface area contributed by atoms with Gasteiger partial charge in [-0.1, -0.05) is 29.3 Å². The number of ether oxygens (including phenoxy) is 1. The van der Waals surface area contributed by atoms with Gasteiger partial charge >= 0.3 is 0 Å². The molecule has 0 aliphatic rings. The predicted octanol–water partition coefficient (Wildman–Crippen LogP) is 3.53. The molecule has 0 unspecified atom stereocenters. The summed E-state index contributed by atoms with van der Waals surface area (Å²) in [5.41, 5.74) is 0.499. The molecule has 106 valence electrons. The lowest BCUT2D eigenvalue weighted by molar-refractivity contribution is 0.0967. The maximum Gasteiger partial charge on any atom is 0.165 e. The Morgan fingerprint density at radius 2 is 2.05 bits per heavy atom. The summed E-state index contributed by atoms with van der Waals surface area (Å²) in [5.74, 6) is 0.0195. The zero-order valence-electron chi connectivity index (χ0n) is 11.3. The molecule has 0 atom stereocenters. The molecule has 0 saturated carbocycles.